The smallest absolute Gasteiger partial charge is 0.0991 e. The van der Waals surface area contributed by atoms with Crippen molar-refractivity contribution in [1.29, 1.82) is 5.26 Å². The van der Waals surface area contributed by atoms with Crippen molar-refractivity contribution in [2.24, 2.45) is 0 Å². The molecule has 0 atom stereocenters. The van der Waals surface area contributed by atoms with Gasteiger partial charge >= 0.3 is 0 Å². The van der Waals surface area contributed by atoms with Crippen molar-refractivity contribution in [2.45, 2.75) is 13.1 Å². The Morgan fingerprint density at radius 2 is 1.85 bits per heavy atom. The van der Waals surface area contributed by atoms with Gasteiger partial charge in [0.05, 0.1) is 17.3 Å². The molecular formula is C22H18N4. The van der Waals surface area contributed by atoms with Crippen LogP contribution in [0.5, 0.6) is 0 Å². The maximum atomic E-state index is 8.95. The Morgan fingerprint density at radius 3 is 2.62 bits per heavy atom. The van der Waals surface area contributed by atoms with Crippen molar-refractivity contribution in [3.63, 3.8) is 0 Å². The van der Waals surface area contributed by atoms with E-state index in [1.54, 1.807) is 6.20 Å². The molecule has 4 rings (SSSR count). The fraction of sp³-hybridized carbons (Fsp3) is 0.0909. The number of nitrogens with one attached hydrogen (secondary N) is 1. The van der Waals surface area contributed by atoms with Crippen LogP contribution in [0, 0.1) is 11.3 Å². The van der Waals surface area contributed by atoms with Crippen LogP contribution in [-0.2, 0) is 13.1 Å². The van der Waals surface area contributed by atoms with E-state index in [1.807, 2.05) is 42.6 Å². The Kier molecular flexibility index (Phi) is 4.36. The summed E-state index contributed by atoms with van der Waals surface area (Å²) < 4.78 is 2.26. The van der Waals surface area contributed by atoms with Crippen molar-refractivity contribution in [3.8, 4) is 6.07 Å². The van der Waals surface area contributed by atoms with Crippen LogP contribution in [0.25, 0.3) is 10.9 Å². The summed E-state index contributed by atoms with van der Waals surface area (Å²) >= 11 is 0. The van der Waals surface area contributed by atoms with Gasteiger partial charge < -0.3 is 9.88 Å². The average Bonchev–Trinajstić information content (AvgIpc) is 3.05. The predicted molar refractivity (Wildman–Crippen MR) is 104 cm³/mol. The monoisotopic (exact) mass is 338 g/mol. The van der Waals surface area contributed by atoms with Gasteiger partial charge in [-0.15, -0.1) is 0 Å². The first-order valence-corrected chi connectivity index (χ1v) is 8.53. The highest BCUT2D eigenvalue weighted by atomic mass is 15.0. The second kappa shape index (κ2) is 7.12. The molecule has 0 saturated carbocycles. The highest BCUT2D eigenvalue weighted by molar-refractivity contribution is 5.84. The highest BCUT2D eigenvalue weighted by Gasteiger charge is 2.08. The van der Waals surface area contributed by atoms with Crippen LogP contribution < -0.4 is 5.32 Å². The molecule has 2 heterocycles. The minimum Gasteiger partial charge on any atom is -0.380 e. The van der Waals surface area contributed by atoms with E-state index in [0.717, 1.165) is 18.8 Å². The van der Waals surface area contributed by atoms with Crippen LogP contribution in [0.1, 0.15) is 16.7 Å². The maximum Gasteiger partial charge on any atom is 0.0991 e. The molecule has 4 nitrogen and oxygen atoms in total. The summed E-state index contributed by atoms with van der Waals surface area (Å²) in [5, 5.41) is 13.6. The van der Waals surface area contributed by atoms with Crippen molar-refractivity contribution in [2.75, 3.05) is 5.32 Å². The van der Waals surface area contributed by atoms with Gasteiger partial charge in [-0.05, 0) is 41.5 Å². The van der Waals surface area contributed by atoms with Crippen molar-refractivity contribution in [3.05, 3.63) is 95.9 Å². The van der Waals surface area contributed by atoms with Gasteiger partial charge in [-0.1, -0.05) is 30.3 Å². The largest absolute Gasteiger partial charge is 0.380 e. The topological polar surface area (TPSA) is 53.6 Å². The second-order valence-corrected chi connectivity index (χ2v) is 6.20. The fourth-order valence-corrected chi connectivity index (χ4v) is 3.14. The predicted octanol–water partition coefficient (Wildman–Crippen LogP) is 4.57. The summed E-state index contributed by atoms with van der Waals surface area (Å²) in [5.74, 6) is 0. The second-order valence-electron chi connectivity index (χ2n) is 6.20. The lowest BCUT2D eigenvalue weighted by Crippen LogP contribution is -2.00. The van der Waals surface area contributed by atoms with Crippen LogP contribution in [0.2, 0.25) is 0 Å². The lowest BCUT2D eigenvalue weighted by molar-refractivity contribution is 0.831. The third-order valence-corrected chi connectivity index (χ3v) is 4.45. The zero-order valence-electron chi connectivity index (χ0n) is 14.3. The van der Waals surface area contributed by atoms with Gasteiger partial charge in [0.2, 0.25) is 0 Å². The van der Waals surface area contributed by atoms with Crippen molar-refractivity contribution >= 4 is 16.6 Å². The zero-order chi connectivity index (χ0) is 17.8. The number of hydrogen-bond acceptors (Lipinski definition) is 3. The van der Waals surface area contributed by atoms with Crippen molar-refractivity contribution in [1.82, 2.24) is 9.55 Å². The standard InChI is InChI=1S/C22H18N4/c23-12-17-7-9-18(10-8-17)15-26-16-19(21-5-1-2-6-22(21)26)13-25-20-4-3-11-24-14-20/h1-11,14,16,25H,13,15H2. The number of benzene rings is 2. The first kappa shape index (κ1) is 15.9. The Hall–Kier alpha value is -3.58. The van der Waals surface area contributed by atoms with Gasteiger partial charge in [0, 0.05) is 42.6 Å². The van der Waals surface area contributed by atoms with E-state index in [4.69, 9.17) is 5.26 Å². The third-order valence-electron chi connectivity index (χ3n) is 4.45. The number of rotatable bonds is 5. The lowest BCUT2D eigenvalue weighted by Gasteiger charge is -2.05. The molecule has 0 aliphatic heterocycles. The molecular weight excluding hydrogens is 320 g/mol. The molecule has 1 N–H and O–H groups in total. The summed E-state index contributed by atoms with van der Waals surface area (Å²) in [5.41, 5.74) is 5.33. The molecule has 0 fully saturated rings. The summed E-state index contributed by atoms with van der Waals surface area (Å²) in [7, 11) is 0. The average molecular weight is 338 g/mol. The summed E-state index contributed by atoms with van der Waals surface area (Å²) in [6.07, 6.45) is 5.80. The van der Waals surface area contributed by atoms with E-state index in [1.165, 1.54) is 22.0 Å². The molecule has 0 unspecified atom stereocenters. The minimum absolute atomic E-state index is 0.687. The lowest BCUT2D eigenvalue weighted by atomic mass is 10.1. The number of fused-ring (bicyclic) bond motifs is 1. The highest BCUT2D eigenvalue weighted by Crippen LogP contribution is 2.23. The number of nitrogens with zero attached hydrogens (tertiary/aromatic N) is 3. The van der Waals surface area contributed by atoms with Crippen LogP contribution in [-0.4, -0.2) is 9.55 Å². The Bertz CT molecular complexity index is 1060. The van der Waals surface area contributed by atoms with Gasteiger partial charge in [-0.25, -0.2) is 0 Å². The van der Waals surface area contributed by atoms with E-state index in [9.17, 15) is 0 Å². The number of anilines is 1. The first-order chi connectivity index (χ1) is 12.8. The SMILES string of the molecule is N#Cc1ccc(Cn2cc(CNc3cccnc3)c3ccccc32)cc1. The molecule has 126 valence electrons. The number of para-hydroxylation sites is 1. The summed E-state index contributed by atoms with van der Waals surface area (Å²) in [6, 6.07) is 22.3. The van der Waals surface area contributed by atoms with Gasteiger partial charge in [0.25, 0.3) is 0 Å². The number of aromatic nitrogens is 2. The fourth-order valence-electron chi connectivity index (χ4n) is 3.14. The van der Waals surface area contributed by atoms with Gasteiger partial charge in [0.1, 0.15) is 0 Å². The van der Waals surface area contributed by atoms with Gasteiger partial charge in [0.15, 0.2) is 0 Å². The molecule has 0 spiro atoms. The first-order valence-electron chi connectivity index (χ1n) is 8.53. The molecule has 0 aliphatic rings. The van der Waals surface area contributed by atoms with E-state index in [0.29, 0.717) is 5.56 Å². The van der Waals surface area contributed by atoms with E-state index in [2.05, 4.69) is 51.4 Å². The van der Waals surface area contributed by atoms with E-state index in [-0.39, 0.29) is 0 Å². The minimum atomic E-state index is 0.687. The van der Waals surface area contributed by atoms with Crippen LogP contribution in [0.3, 0.4) is 0 Å². The molecule has 26 heavy (non-hydrogen) atoms. The normalized spacial score (nSPS) is 10.6. The zero-order valence-corrected chi connectivity index (χ0v) is 14.3. The van der Waals surface area contributed by atoms with Crippen LogP contribution in [0.15, 0.2) is 79.3 Å². The Labute approximate surface area is 152 Å². The molecule has 0 bridgehead atoms. The maximum absolute atomic E-state index is 8.95. The van der Waals surface area contributed by atoms with Gasteiger partial charge in [-0.3, -0.25) is 4.98 Å². The molecule has 0 saturated heterocycles. The molecule has 0 radical (unpaired) electrons. The molecule has 2 aromatic carbocycles. The van der Waals surface area contributed by atoms with Gasteiger partial charge in [-0.2, -0.15) is 5.26 Å². The summed E-state index contributed by atoms with van der Waals surface area (Å²) in [4.78, 5) is 4.14. The Balaban J connectivity index is 1.62. The Morgan fingerprint density at radius 1 is 1.00 bits per heavy atom. The molecule has 4 heteroatoms. The third kappa shape index (κ3) is 3.28. The molecule has 4 aromatic rings. The quantitative estimate of drug-likeness (QED) is 0.580. The number of hydrogen-bond donors (Lipinski definition) is 1. The molecule has 0 amide bonds. The molecule has 0 aliphatic carbocycles. The number of pyridine rings is 1. The van der Waals surface area contributed by atoms with Crippen LogP contribution in [0.4, 0.5) is 5.69 Å². The van der Waals surface area contributed by atoms with E-state index < -0.39 is 0 Å². The molecule has 2 aromatic heterocycles. The number of nitriles is 1. The van der Waals surface area contributed by atoms with Crippen LogP contribution >= 0.6 is 0 Å². The summed E-state index contributed by atoms with van der Waals surface area (Å²) in [6.45, 7) is 1.52. The van der Waals surface area contributed by atoms with E-state index >= 15 is 0 Å². The van der Waals surface area contributed by atoms with Crippen molar-refractivity contribution < 1.29 is 0 Å².